The third kappa shape index (κ3) is 3.26. The SMILES string of the molecule is COc1ccc(C(=O)NCC2(c3ccsc3)CCCC2)cc1OC. The van der Waals surface area contributed by atoms with Crippen LogP contribution in [0.4, 0.5) is 0 Å². The van der Waals surface area contributed by atoms with Crippen molar-refractivity contribution in [1.82, 2.24) is 5.32 Å². The molecule has 128 valence electrons. The minimum absolute atomic E-state index is 0.0718. The molecule has 0 atom stereocenters. The molecule has 5 heteroatoms. The van der Waals surface area contributed by atoms with Gasteiger partial charge in [-0.05, 0) is 53.4 Å². The summed E-state index contributed by atoms with van der Waals surface area (Å²) in [5.41, 5.74) is 2.04. The molecule has 1 heterocycles. The molecule has 1 aliphatic carbocycles. The highest BCUT2D eigenvalue weighted by Crippen LogP contribution is 2.41. The standard InChI is InChI=1S/C19H23NO3S/c1-22-16-6-5-14(11-17(16)23-2)18(21)20-13-19(8-3-4-9-19)15-7-10-24-12-15/h5-7,10-12H,3-4,8-9,13H2,1-2H3,(H,20,21). The molecule has 1 aliphatic rings. The van der Waals surface area contributed by atoms with E-state index in [0.29, 0.717) is 23.6 Å². The van der Waals surface area contributed by atoms with Crippen LogP contribution in [0.3, 0.4) is 0 Å². The van der Waals surface area contributed by atoms with Crippen molar-refractivity contribution < 1.29 is 14.3 Å². The number of hydrogen-bond acceptors (Lipinski definition) is 4. The van der Waals surface area contributed by atoms with Crippen molar-refractivity contribution in [2.75, 3.05) is 20.8 Å². The van der Waals surface area contributed by atoms with Gasteiger partial charge in [0.05, 0.1) is 14.2 Å². The van der Waals surface area contributed by atoms with Crippen LogP contribution >= 0.6 is 11.3 Å². The lowest BCUT2D eigenvalue weighted by molar-refractivity contribution is 0.0942. The molecule has 1 aromatic heterocycles. The monoisotopic (exact) mass is 345 g/mol. The zero-order chi connectivity index (χ0) is 17.0. The molecule has 0 bridgehead atoms. The van der Waals surface area contributed by atoms with Gasteiger partial charge in [0.15, 0.2) is 11.5 Å². The number of hydrogen-bond donors (Lipinski definition) is 1. The molecule has 0 aliphatic heterocycles. The van der Waals surface area contributed by atoms with Gasteiger partial charge >= 0.3 is 0 Å². The maximum Gasteiger partial charge on any atom is 0.251 e. The fraction of sp³-hybridized carbons (Fsp3) is 0.421. The zero-order valence-electron chi connectivity index (χ0n) is 14.1. The number of ether oxygens (including phenoxy) is 2. The van der Waals surface area contributed by atoms with Crippen molar-refractivity contribution in [3.8, 4) is 11.5 Å². The minimum atomic E-state index is -0.0718. The molecule has 3 rings (SSSR count). The average molecular weight is 345 g/mol. The molecule has 24 heavy (non-hydrogen) atoms. The predicted molar refractivity (Wildman–Crippen MR) is 96.3 cm³/mol. The Labute approximate surface area is 146 Å². The van der Waals surface area contributed by atoms with Crippen LogP contribution in [-0.2, 0) is 5.41 Å². The highest BCUT2D eigenvalue weighted by Gasteiger charge is 2.36. The fourth-order valence-electron chi connectivity index (χ4n) is 3.51. The highest BCUT2D eigenvalue weighted by atomic mass is 32.1. The van der Waals surface area contributed by atoms with Crippen LogP contribution in [0.1, 0.15) is 41.6 Å². The average Bonchev–Trinajstić information content (AvgIpc) is 3.31. The van der Waals surface area contributed by atoms with Crippen molar-refractivity contribution in [2.45, 2.75) is 31.1 Å². The molecule has 4 nitrogen and oxygen atoms in total. The van der Waals surface area contributed by atoms with Crippen LogP contribution in [-0.4, -0.2) is 26.7 Å². The number of methoxy groups -OCH3 is 2. The van der Waals surface area contributed by atoms with Gasteiger partial charge in [-0.2, -0.15) is 11.3 Å². The molecule has 1 aromatic carbocycles. The Hall–Kier alpha value is -2.01. The zero-order valence-corrected chi connectivity index (χ0v) is 14.9. The topological polar surface area (TPSA) is 47.6 Å². The summed E-state index contributed by atoms with van der Waals surface area (Å²) in [7, 11) is 3.16. The van der Waals surface area contributed by atoms with E-state index in [9.17, 15) is 4.79 Å². The number of amides is 1. The molecule has 2 aromatic rings. The van der Waals surface area contributed by atoms with Crippen LogP contribution in [0.5, 0.6) is 11.5 Å². The van der Waals surface area contributed by atoms with E-state index >= 15 is 0 Å². The number of carbonyl (C=O) groups is 1. The highest BCUT2D eigenvalue weighted by molar-refractivity contribution is 7.08. The normalized spacial score (nSPS) is 15.9. The summed E-state index contributed by atoms with van der Waals surface area (Å²) >= 11 is 1.72. The van der Waals surface area contributed by atoms with Crippen molar-refractivity contribution in [3.05, 3.63) is 46.2 Å². The number of thiophene rings is 1. The summed E-state index contributed by atoms with van der Waals surface area (Å²) in [5.74, 6) is 1.12. The Morgan fingerprint density at radius 2 is 1.92 bits per heavy atom. The lowest BCUT2D eigenvalue weighted by Crippen LogP contribution is -2.38. The lowest BCUT2D eigenvalue weighted by atomic mass is 9.80. The van der Waals surface area contributed by atoms with E-state index < -0.39 is 0 Å². The van der Waals surface area contributed by atoms with Gasteiger partial charge < -0.3 is 14.8 Å². The third-order valence-electron chi connectivity index (χ3n) is 4.93. The van der Waals surface area contributed by atoms with Crippen LogP contribution in [0.2, 0.25) is 0 Å². The first-order valence-electron chi connectivity index (χ1n) is 8.21. The molecule has 0 unspecified atom stereocenters. The van der Waals surface area contributed by atoms with Crippen molar-refractivity contribution in [3.63, 3.8) is 0 Å². The Morgan fingerprint density at radius 3 is 2.54 bits per heavy atom. The molecule has 0 radical (unpaired) electrons. The predicted octanol–water partition coefficient (Wildman–Crippen LogP) is 4.01. The smallest absolute Gasteiger partial charge is 0.251 e. The van der Waals surface area contributed by atoms with Gasteiger partial charge in [-0.15, -0.1) is 0 Å². The third-order valence-corrected chi connectivity index (χ3v) is 5.61. The molecule has 0 saturated heterocycles. The second kappa shape index (κ2) is 7.26. The summed E-state index contributed by atoms with van der Waals surface area (Å²) in [4.78, 5) is 12.6. The number of rotatable bonds is 6. The summed E-state index contributed by atoms with van der Waals surface area (Å²) < 4.78 is 10.5. The van der Waals surface area contributed by atoms with Crippen LogP contribution < -0.4 is 14.8 Å². The molecule has 1 saturated carbocycles. The van der Waals surface area contributed by atoms with E-state index in [-0.39, 0.29) is 11.3 Å². The Balaban J connectivity index is 1.73. The first kappa shape index (κ1) is 16.8. The van der Waals surface area contributed by atoms with Crippen molar-refractivity contribution in [1.29, 1.82) is 0 Å². The van der Waals surface area contributed by atoms with Crippen LogP contribution in [0, 0.1) is 0 Å². The first-order chi connectivity index (χ1) is 11.7. The molecular formula is C19H23NO3S. The van der Waals surface area contributed by atoms with Gasteiger partial charge in [0.2, 0.25) is 0 Å². The van der Waals surface area contributed by atoms with Crippen molar-refractivity contribution >= 4 is 17.2 Å². The Bertz CT molecular complexity index is 691. The summed E-state index contributed by atoms with van der Waals surface area (Å²) in [6, 6.07) is 7.44. The number of nitrogens with one attached hydrogen (secondary N) is 1. The fourth-order valence-corrected chi connectivity index (χ4v) is 4.29. The summed E-state index contributed by atoms with van der Waals surface area (Å²) in [6.45, 7) is 0.677. The Morgan fingerprint density at radius 1 is 1.17 bits per heavy atom. The van der Waals surface area contributed by atoms with E-state index in [1.807, 2.05) is 0 Å². The molecule has 1 fully saturated rings. The number of benzene rings is 1. The van der Waals surface area contributed by atoms with Gasteiger partial charge in [0.25, 0.3) is 5.91 Å². The molecule has 1 amide bonds. The minimum Gasteiger partial charge on any atom is -0.493 e. The lowest BCUT2D eigenvalue weighted by Gasteiger charge is -2.28. The van der Waals surface area contributed by atoms with E-state index in [1.54, 1.807) is 43.8 Å². The maximum atomic E-state index is 12.6. The van der Waals surface area contributed by atoms with Crippen LogP contribution in [0.15, 0.2) is 35.0 Å². The number of carbonyl (C=O) groups excluding carboxylic acids is 1. The quantitative estimate of drug-likeness (QED) is 0.860. The summed E-state index contributed by atoms with van der Waals surface area (Å²) in [6.07, 6.45) is 4.72. The van der Waals surface area contributed by atoms with E-state index in [4.69, 9.17) is 9.47 Å². The molecule has 0 spiro atoms. The Kier molecular flexibility index (Phi) is 5.09. The largest absolute Gasteiger partial charge is 0.493 e. The van der Waals surface area contributed by atoms with Gasteiger partial charge in [0, 0.05) is 17.5 Å². The van der Waals surface area contributed by atoms with E-state index in [0.717, 1.165) is 12.8 Å². The second-order valence-corrected chi connectivity index (χ2v) is 7.03. The molecular weight excluding hydrogens is 322 g/mol. The molecule has 1 N–H and O–H groups in total. The van der Waals surface area contributed by atoms with Gasteiger partial charge in [-0.3, -0.25) is 4.79 Å². The first-order valence-corrected chi connectivity index (χ1v) is 9.16. The van der Waals surface area contributed by atoms with E-state index in [2.05, 4.69) is 22.1 Å². The van der Waals surface area contributed by atoms with Gasteiger partial charge in [-0.25, -0.2) is 0 Å². The van der Waals surface area contributed by atoms with Gasteiger partial charge in [-0.1, -0.05) is 12.8 Å². The van der Waals surface area contributed by atoms with Crippen molar-refractivity contribution in [2.24, 2.45) is 0 Å². The van der Waals surface area contributed by atoms with E-state index in [1.165, 1.54) is 18.4 Å². The van der Waals surface area contributed by atoms with Crippen LogP contribution in [0.25, 0.3) is 0 Å². The van der Waals surface area contributed by atoms with Gasteiger partial charge in [0.1, 0.15) is 0 Å². The maximum absolute atomic E-state index is 12.6. The summed E-state index contributed by atoms with van der Waals surface area (Å²) in [5, 5.41) is 7.46. The second-order valence-electron chi connectivity index (χ2n) is 6.25.